The number of hydrogen-bond donors (Lipinski definition) is 1. The number of hydrogen-bond acceptors (Lipinski definition) is 4. The molecule has 0 unspecified atom stereocenters. The van der Waals surface area contributed by atoms with E-state index in [1.54, 1.807) is 25.5 Å². The zero-order valence-corrected chi connectivity index (χ0v) is 15.4. The van der Waals surface area contributed by atoms with Crippen LogP contribution < -0.4 is 15.2 Å². The zero-order valence-electron chi connectivity index (χ0n) is 13.8. The average molecular weight is 367 g/mol. The maximum absolute atomic E-state index is 6.01. The molecule has 2 aromatic carbocycles. The Morgan fingerprint density at radius 3 is 2.38 bits per heavy atom. The van der Waals surface area contributed by atoms with Crippen LogP contribution in [0.25, 0.3) is 0 Å². The highest BCUT2D eigenvalue weighted by atomic mass is 35.5. The molecule has 0 heterocycles. The van der Waals surface area contributed by atoms with Crippen molar-refractivity contribution in [3.8, 4) is 11.5 Å². The maximum atomic E-state index is 6.01. The van der Waals surface area contributed by atoms with Gasteiger partial charge in [0.25, 0.3) is 0 Å². The molecule has 0 aromatic heterocycles. The van der Waals surface area contributed by atoms with Crippen LogP contribution in [0.15, 0.2) is 35.3 Å². The summed E-state index contributed by atoms with van der Waals surface area (Å²) in [5.41, 5.74) is 7.56. The first kappa shape index (κ1) is 18.4. The fourth-order valence-corrected chi connectivity index (χ4v) is 2.41. The van der Waals surface area contributed by atoms with E-state index in [0.29, 0.717) is 45.4 Å². The molecule has 0 bridgehead atoms. The van der Waals surface area contributed by atoms with E-state index in [1.165, 1.54) is 0 Å². The van der Waals surface area contributed by atoms with E-state index in [-0.39, 0.29) is 0 Å². The number of halogens is 2. The third-order valence-corrected chi connectivity index (χ3v) is 3.81. The third kappa shape index (κ3) is 4.79. The van der Waals surface area contributed by atoms with Gasteiger partial charge in [-0.05, 0) is 41.8 Å². The Hall–Kier alpha value is -1.91. The fraction of sp³-hybridized carbons (Fsp3) is 0.278. The van der Waals surface area contributed by atoms with E-state index < -0.39 is 0 Å². The van der Waals surface area contributed by atoms with E-state index in [0.717, 1.165) is 5.56 Å². The van der Waals surface area contributed by atoms with Crippen LogP contribution in [0, 0.1) is 5.92 Å². The molecule has 0 aliphatic heterocycles. The van der Waals surface area contributed by atoms with E-state index in [1.807, 2.05) is 18.2 Å². The minimum absolute atomic E-state index is 0.352. The number of anilines is 1. The Morgan fingerprint density at radius 1 is 1.12 bits per heavy atom. The first-order valence-corrected chi connectivity index (χ1v) is 8.25. The van der Waals surface area contributed by atoms with Crippen LogP contribution in [0.3, 0.4) is 0 Å². The van der Waals surface area contributed by atoms with Crippen molar-refractivity contribution in [2.75, 3.05) is 19.5 Å². The van der Waals surface area contributed by atoms with Gasteiger partial charge in [-0.25, -0.2) is 0 Å². The lowest BCUT2D eigenvalue weighted by molar-refractivity contribution is 0.257. The molecule has 0 aliphatic rings. The second-order valence-corrected chi connectivity index (χ2v) is 6.51. The van der Waals surface area contributed by atoms with Gasteiger partial charge in [-0.15, -0.1) is 0 Å². The van der Waals surface area contributed by atoms with Crippen molar-refractivity contribution >= 4 is 40.8 Å². The second-order valence-electron chi connectivity index (χ2n) is 5.70. The molecule has 2 rings (SSSR count). The Morgan fingerprint density at radius 2 is 1.79 bits per heavy atom. The molecule has 4 nitrogen and oxygen atoms in total. The molecule has 0 saturated carbocycles. The van der Waals surface area contributed by atoms with Crippen molar-refractivity contribution in [3.63, 3.8) is 0 Å². The topological polar surface area (TPSA) is 56.8 Å². The predicted molar refractivity (Wildman–Crippen MR) is 101 cm³/mol. The minimum atomic E-state index is 0.352. The summed E-state index contributed by atoms with van der Waals surface area (Å²) in [5, 5.41) is 0.759. The van der Waals surface area contributed by atoms with Gasteiger partial charge >= 0.3 is 0 Å². The molecule has 0 fully saturated rings. The SMILES string of the molecule is COc1cc(C=Nc2cc(Cl)c(N)c(Cl)c2)ccc1OCC(C)C. The minimum Gasteiger partial charge on any atom is -0.493 e. The van der Waals surface area contributed by atoms with Crippen LogP contribution in [0.1, 0.15) is 19.4 Å². The predicted octanol–water partition coefficient (Wildman–Crippen LogP) is 5.37. The van der Waals surface area contributed by atoms with Crippen LogP contribution in [-0.2, 0) is 0 Å². The third-order valence-electron chi connectivity index (χ3n) is 3.19. The van der Waals surface area contributed by atoms with Crippen molar-refractivity contribution < 1.29 is 9.47 Å². The highest BCUT2D eigenvalue weighted by Crippen LogP contribution is 2.33. The number of nitrogens with two attached hydrogens (primary N) is 1. The molecule has 0 atom stereocenters. The number of nitrogen functional groups attached to an aromatic ring is 1. The van der Waals surface area contributed by atoms with Gasteiger partial charge in [0.1, 0.15) is 0 Å². The van der Waals surface area contributed by atoms with E-state index in [4.69, 9.17) is 38.4 Å². The summed E-state index contributed by atoms with van der Waals surface area (Å²) in [6.07, 6.45) is 1.70. The van der Waals surface area contributed by atoms with Crippen LogP contribution >= 0.6 is 23.2 Å². The Balaban J connectivity index is 2.20. The lowest BCUT2D eigenvalue weighted by Gasteiger charge is -2.12. The van der Waals surface area contributed by atoms with Crippen LogP contribution in [0.4, 0.5) is 11.4 Å². The van der Waals surface area contributed by atoms with Crippen molar-refractivity contribution in [1.29, 1.82) is 0 Å². The Bertz CT molecular complexity index is 723. The normalized spacial score (nSPS) is 11.2. The molecular formula is C18H20Cl2N2O2. The lowest BCUT2D eigenvalue weighted by Crippen LogP contribution is -2.05. The monoisotopic (exact) mass is 366 g/mol. The van der Waals surface area contributed by atoms with Gasteiger partial charge in [0.2, 0.25) is 0 Å². The second kappa shape index (κ2) is 8.27. The fourth-order valence-electron chi connectivity index (χ4n) is 1.93. The quantitative estimate of drug-likeness (QED) is 0.552. The number of nitrogens with zero attached hydrogens (tertiary/aromatic N) is 1. The number of benzene rings is 2. The highest BCUT2D eigenvalue weighted by molar-refractivity contribution is 6.39. The summed E-state index contributed by atoms with van der Waals surface area (Å²) in [7, 11) is 1.61. The number of ether oxygens (including phenoxy) is 2. The molecule has 0 radical (unpaired) electrons. The molecule has 2 N–H and O–H groups in total. The van der Waals surface area contributed by atoms with Gasteiger partial charge in [-0.2, -0.15) is 0 Å². The van der Waals surface area contributed by atoms with Gasteiger partial charge in [0, 0.05) is 6.21 Å². The molecule has 0 amide bonds. The molecule has 0 saturated heterocycles. The Labute approximate surface area is 152 Å². The summed E-state index contributed by atoms with van der Waals surface area (Å²) < 4.78 is 11.1. The molecule has 24 heavy (non-hydrogen) atoms. The molecule has 128 valence electrons. The number of methoxy groups -OCH3 is 1. The summed E-state index contributed by atoms with van der Waals surface area (Å²) in [5.74, 6) is 1.81. The van der Waals surface area contributed by atoms with Gasteiger partial charge in [-0.3, -0.25) is 4.99 Å². The highest BCUT2D eigenvalue weighted by Gasteiger charge is 2.07. The first-order valence-electron chi connectivity index (χ1n) is 7.50. The maximum Gasteiger partial charge on any atom is 0.161 e. The molecular weight excluding hydrogens is 347 g/mol. The molecule has 0 aliphatic carbocycles. The summed E-state index contributed by atoms with van der Waals surface area (Å²) in [4.78, 5) is 4.37. The zero-order chi connectivity index (χ0) is 17.7. The molecule has 6 heteroatoms. The van der Waals surface area contributed by atoms with Crippen LogP contribution in [0.2, 0.25) is 10.0 Å². The van der Waals surface area contributed by atoms with E-state index in [2.05, 4.69) is 18.8 Å². The van der Waals surface area contributed by atoms with Crippen molar-refractivity contribution in [2.24, 2.45) is 10.9 Å². The molecule has 2 aromatic rings. The van der Waals surface area contributed by atoms with Crippen LogP contribution in [0.5, 0.6) is 11.5 Å². The van der Waals surface area contributed by atoms with Gasteiger partial charge in [-0.1, -0.05) is 37.0 Å². The average Bonchev–Trinajstić information content (AvgIpc) is 2.55. The number of rotatable bonds is 6. The first-order chi connectivity index (χ1) is 11.4. The van der Waals surface area contributed by atoms with Crippen molar-refractivity contribution in [2.45, 2.75) is 13.8 Å². The summed E-state index contributed by atoms with van der Waals surface area (Å²) in [6, 6.07) is 8.96. The molecule has 0 spiro atoms. The lowest BCUT2D eigenvalue weighted by atomic mass is 10.2. The largest absolute Gasteiger partial charge is 0.493 e. The summed E-state index contributed by atoms with van der Waals surface area (Å²) >= 11 is 12.0. The smallest absolute Gasteiger partial charge is 0.161 e. The van der Waals surface area contributed by atoms with Gasteiger partial charge in [0.05, 0.1) is 35.1 Å². The summed E-state index contributed by atoms with van der Waals surface area (Å²) in [6.45, 7) is 4.82. The van der Waals surface area contributed by atoms with Crippen molar-refractivity contribution in [1.82, 2.24) is 0 Å². The van der Waals surface area contributed by atoms with Gasteiger partial charge < -0.3 is 15.2 Å². The Kier molecular flexibility index (Phi) is 6.35. The van der Waals surface area contributed by atoms with E-state index >= 15 is 0 Å². The van der Waals surface area contributed by atoms with E-state index in [9.17, 15) is 0 Å². The van der Waals surface area contributed by atoms with Gasteiger partial charge in [0.15, 0.2) is 11.5 Å². The number of aliphatic imine (C=N–C) groups is 1. The van der Waals surface area contributed by atoms with Crippen molar-refractivity contribution in [3.05, 3.63) is 45.9 Å². The van der Waals surface area contributed by atoms with Crippen LogP contribution in [-0.4, -0.2) is 19.9 Å². The standard InChI is InChI=1S/C18H20Cl2N2O2/c1-11(2)10-24-16-5-4-12(6-17(16)23-3)9-22-13-7-14(19)18(21)15(20)8-13/h4-9,11H,10,21H2,1-3H3.